The van der Waals surface area contributed by atoms with Crippen molar-refractivity contribution in [1.82, 2.24) is 4.90 Å². The molecule has 1 aliphatic rings. The fourth-order valence-corrected chi connectivity index (χ4v) is 2.35. The maximum atomic E-state index is 12.3. The van der Waals surface area contributed by atoms with Gasteiger partial charge in [0.15, 0.2) is 0 Å². The van der Waals surface area contributed by atoms with Gasteiger partial charge in [0.05, 0.1) is 5.92 Å². The number of carboxylic acid groups (broad SMARTS) is 1. The minimum Gasteiger partial charge on any atom is -0.481 e. The number of nitrogens with zero attached hydrogens (tertiary/aromatic N) is 1. The van der Waals surface area contributed by atoms with E-state index in [1.165, 1.54) is 0 Å². The molecule has 4 heteroatoms. The maximum absolute atomic E-state index is 12.3. The molecule has 1 saturated heterocycles. The third-order valence-corrected chi connectivity index (χ3v) is 3.43. The molecule has 1 aromatic rings. The Morgan fingerprint density at radius 3 is 2.72 bits per heavy atom. The third-order valence-electron chi connectivity index (χ3n) is 3.43. The fourth-order valence-electron chi connectivity index (χ4n) is 2.35. The molecule has 1 fully saturated rings. The van der Waals surface area contributed by atoms with Crippen LogP contribution in [-0.4, -0.2) is 35.0 Å². The Balaban J connectivity index is 2.14. The number of rotatable bonds is 2. The van der Waals surface area contributed by atoms with Gasteiger partial charge in [-0.15, -0.1) is 0 Å². The number of carbonyl (C=O) groups excluding carboxylic acids is 1. The van der Waals surface area contributed by atoms with Crippen molar-refractivity contribution in [3.8, 4) is 0 Å². The molecular weight excluding hydrogens is 230 g/mol. The van der Waals surface area contributed by atoms with Gasteiger partial charge in [-0.05, 0) is 31.4 Å². The first kappa shape index (κ1) is 12.6. The van der Waals surface area contributed by atoms with Crippen LogP contribution in [0.1, 0.15) is 28.8 Å². The van der Waals surface area contributed by atoms with E-state index < -0.39 is 11.9 Å². The predicted octanol–water partition coefficient (Wildman–Crippen LogP) is 1.93. The van der Waals surface area contributed by atoms with Gasteiger partial charge in [-0.2, -0.15) is 0 Å². The van der Waals surface area contributed by atoms with E-state index in [2.05, 4.69) is 0 Å². The molecule has 0 spiro atoms. The number of hydrogen-bond donors (Lipinski definition) is 1. The first-order chi connectivity index (χ1) is 8.59. The Labute approximate surface area is 106 Å². The lowest BCUT2D eigenvalue weighted by atomic mass is 9.97. The molecule has 1 N–H and O–H groups in total. The lowest BCUT2D eigenvalue weighted by molar-refractivity contribution is -0.143. The predicted molar refractivity (Wildman–Crippen MR) is 67.4 cm³/mol. The number of carboxylic acids is 1. The van der Waals surface area contributed by atoms with Crippen molar-refractivity contribution in [3.63, 3.8) is 0 Å². The minimum absolute atomic E-state index is 0.0564. The van der Waals surface area contributed by atoms with Crippen molar-refractivity contribution in [2.75, 3.05) is 13.1 Å². The quantitative estimate of drug-likeness (QED) is 0.868. The Morgan fingerprint density at radius 2 is 2.06 bits per heavy atom. The molecule has 4 nitrogen and oxygen atoms in total. The summed E-state index contributed by atoms with van der Waals surface area (Å²) in [6, 6.07) is 7.41. The Bertz CT molecular complexity index is 470. The van der Waals surface area contributed by atoms with E-state index in [1.54, 1.807) is 11.0 Å². The van der Waals surface area contributed by atoms with E-state index in [4.69, 9.17) is 5.11 Å². The lowest BCUT2D eigenvalue weighted by Gasteiger charge is -2.31. The van der Waals surface area contributed by atoms with Gasteiger partial charge in [0.25, 0.3) is 5.91 Å². The van der Waals surface area contributed by atoms with Crippen molar-refractivity contribution in [3.05, 3.63) is 35.4 Å². The number of piperidine rings is 1. The van der Waals surface area contributed by atoms with Crippen LogP contribution in [0, 0.1) is 12.8 Å². The van der Waals surface area contributed by atoms with E-state index in [1.807, 2.05) is 25.1 Å². The van der Waals surface area contributed by atoms with Crippen LogP contribution < -0.4 is 0 Å². The molecule has 2 rings (SSSR count). The van der Waals surface area contributed by atoms with Gasteiger partial charge in [0.2, 0.25) is 0 Å². The molecule has 0 radical (unpaired) electrons. The molecule has 1 heterocycles. The average molecular weight is 247 g/mol. The first-order valence-corrected chi connectivity index (χ1v) is 6.17. The fraction of sp³-hybridized carbons (Fsp3) is 0.429. The molecule has 18 heavy (non-hydrogen) atoms. The number of hydrogen-bond acceptors (Lipinski definition) is 2. The van der Waals surface area contributed by atoms with Crippen LogP contribution in [0.15, 0.2) is 24.3 Å². The SMILES string of the molecule is Cc1ccccc1C(=O)N1CCC[C@H](C(=O)O)C1. The molecular formula is C14H17NO3. The molecule has 0 bridgehead atoms. The summed E-state index contributed by atoms with van der Waals surface area (Å²) in [5.41, 5.74) is 1.60. The van der Waals surface area contributed by atoms with Crippen LogP contribution in [0.2, 0.25) is 0 Å². The largest absolute Gasteiger partial charge is 0.481 e. The summed E-state index contributed by atoms with van der Waals surface area (Å²) >= 11 is 0. The average Bonchev–Trinajstić information content (AvgIpc) is 2.38. The van der Waals surface area contributed by atoms with Crippen LogP contribution in [0.3, 0.4) is 0 Å². The van der Waals surface area contributed by atoms with Crippen LogP contribution in [-0.2, 0) is 4.79 Å². The lowest BCUT2D eigenvalue weighted by Crippen LogP contribution is -2.42. The van der Waals surface area contributed by atoms with Gasteiger partial charge in [-0.3, -0.25) is 9.59 Å². The van der Waals surface area contributed by atoms with Crippen LogP contribution in [0.5, 0.6) is 0 Å². The van der Waals surface area contributed by atoms with Gasteiger partial charge in [0.1, 0.15) is 0 Å². The zero-order chi connectivity index (χ0) is 13.1. The summed E-state index contributed by atoms with van der Waals surface area (Å²) in [7, 11) is 0. The maximum Gasteiger partial charge on any atom is 0.308 e. The van der Waals surface area contributed by atoms with Crippen molar-refractivity contribution in [2.45, 2.75) is 19.8 Å². The smallest absolute Gasteiger partial charge is 0.308 e. The van der Waals surface area contributed by atoms with E-state index in [0.29, 0.717) is 25.1 Å². The number of amides is 1. The first-order valence-electron chi connectivity index (χ1n) is 6.17. The molecule has 0 aliphatic carbocycles. The number of aliphatic carboxylic acids is 1. The topological polar surface area (TPSA) is 57.6 Å². The zero-order valence-electron chi connectivity index (χ0n) is 10.4. The molecule has 1 atom stereocenters. The summed E-state index contributed by atoms with van der Waals surface area (Å²) in [6.45, 7) is 2.87. The van der Waals surface area contributed by atoms with E-state index >= 15 is 0 Å². The standard InChI is InChI=1S/C14H17NO3/c1-10-5-2-3-7-12(10)13(16)15-8-4-6-11(9-15)14(17)18/h2-3,5,7,11H,4,6,8-9H2,1H3,(H,17,18)/t11-/m0/s1. The van der Waals surface area contributed by atoms with E-state index in [-0.39, 0.29) is 5.91 Å². The van der Waals surface area contributed by atoms with Gasteiger partial charge in [-0.25, -0.2) is 0 Å². The monoisotopic (exact) mass is 247 g/mol. The number of carbonyl (C=O) groups is 2. The van der Waals surface area contributed by atoms with Crippen LogP contribution >= 0.6 is 0 Å². The third kappa shape index (κ3) is 2.53. The summed E-state index contributed by atoms with van der Waals surface area (Å²) in [6.07, 6.45) is 1.42. The van der Waals surface area contributed by atoms with Gasteiger partial charge in [-0.1, -0.05) is 18.2 Å². The van der Waals surface area contributed by atoms with Crippen molar-refractivity contribution >= 4 is 11.9 Å². The molecule has 1 aromatic carbocycles. The zero-order valence-corrected chi connectivity index (χ0v) is 10.4. The Kier molecular flexibility index (Phi) is 3.65. The number of aryl methyl sites for hydroxylation is 1. The highest BCUT2D eigenvalue weighted by Gasteiger charge is 2.28. The molecule has 0 saturated carbocycles. The molecule has 96 valence electrons. The highest BCUT2D eigenvalue weighted by molar-refractivity contribution is 5.95. The molecule has 1 aliphatic heterocycles. The Morgan fingerprint density at radius 1 is 1.33 bits per heavy atom. The Hall–Kier alpha value is -1.84. The summed E-state index contributed by atoms with van der Waals surface area (Å²) < 4.78 is 0. The van der Waals surface area contributed by atoms with Crippen molar-refractivity contribution < 1.29 is 14.7 Å². The second-order valence-corrected chi connectivity index (χ2v) is 4.74. The second-order valence-electron chi connectivity index (χ2n) is 4.74. The molecule has 0 aromatic heterocycles. The normalized spacial score (nSPS) is 19.6. The number of likely N-dealkylation sites (tertiary alicyclic amines) is 1. The molecule has 1 amide bonds. The van der Waals surface area contributed by atoms with Crippen LogP contribution in [0.4, 0.5) is 0 Å². The highest BCUT2D eigenvalue weighted by atomic mass is 16.4. The van der Waals surface area contributed by atoms with Crippen LogP contribution in [0.25, 0.3) is 0 Å². The van der Waals surface area contributed by atoms with Crippen molar-refractivity contribution in [2.24, 2.45) is 5.92 Å². The van der Waals surface area contributed by atoms with E-state index in [9.17, 15) is 9.59 Å². The number of benzene rings is 1. The summed E-state index contributed by atoms with van der Waals surface area (Å²) in [4.78, 5) is 25.0. The van der Waals surface area contributed by atoms with Gasteiger partial charge < -0.3 is 10.0 Å². The highest BCUT2D eigenvalue weighted by Crippen LogP contribution is 2.20. The van der Waals surface area contributed by atoms with Gasteiger partial charge >= 0.3 is 5.97 Å². The van der Waals surface area contributed by atoms with Gasteiger partial charge in [0, 0.05) is 18.7 Å². The summed E-state index contributed by atoms with van der Waals surface area (Å²) in [5, 5.41) is 9.02. The van der Waals surface area contributed by atoms with Crippen molar-refractivity contribution in [1.29, 1.82) is 0 Å². The molecule has 0 unspecified atom stereocenters. The van der Waals surface area contributed by atoms with E-state index in [0.717, 1.165) is 12.0 Å². The minimum atomic E-state index is -0.808. The second kappa shape index (κ2) is 5.21. The summed E-state index contributed by atoms with van der Waals surface area (Å²) in [5.74, 6) is -1.29.